The molecule has 3 heteroatoms. The fraction of sp³-hybridized carbons (Fsp3) is 0.900. The number of carbonyl (C=O) groups excluding carboxylic acids is 1. The van der Waals surface area contributed by atoms with Gasteiger partial charge in [-0.05, 0) is 6.42 Å². The number of ketones is 1. The fourth-order valence-electron chi connectivity index (χ4n) is 1.50. The van der Waals surface area contributed by atoms with Crippen LogP contribution in [0.2, 0.25) is 0 Å². The molecule has 76 valence electrons. The average molecular weight is 201 g/mol. The Hall–Kier alpha value is -0.0200. The summed E-state index contributed by atoms with van der Waals surface area (Å²) < 4.78 is 0. The number of hydrogen-bond acceptors (Lipinski definition) is 3. The summed E-state index contributed by atoms with van der Waals surface area (Å²) in [5.74, 6) is 2.74. The van der Waals surface area contributed by atoms with E-state index in [-0.39, 0.29) is 0 Å². The molecule has 0 saturated carbocycles. The van der Waals surface area contributed by atoms with Crippen LogP contribution in [0.4, 0.5) is 0 Å². The highest BCUT2D eigenvalue weighted by Gasteiger charge is 2.15. The highest BCUT2D eigenvalue weighted by Crippen LogP contribution is 2.11. The first-order valence-corrected chi connectivity index (χ1v) is 6.31. The fourth-order valence-corrected chi connectivity index (χ4v) is 2.45. The quantitative estimate of drug-likeness (QED) is 0.736. The first-order chi connectivity index (χ1) is 6.33. The second-order valence-electron chi connectivity index (χ2n) is 3.57. The van der Waals surface area contributed by atoms with Crippen molar-refractivity contribution in [1.29, 1.82) is 0 Å². The van der Waals surface area contributed by atoms with Gasteiger partial charge in [-0.15, -0.1) is 0 Å². The van der Waals surface area contributed by atoms with E-state index in [4.69, 9.17) is 0 Å². The summed E-state index contributed by atoms with van der Waals surface area (Å²) >= 11 is 1.95. The van der Waals surface area contributed by atoms with Gasteiger partial charge in [0.1, 0.15) is 5.78 Å². The summed E-state index contributed by atoms with van der Waals surface area (Å²) in [5, 5.41) is 3.38. The second kappa shape index (κ2) is 6.44. The lowest BCUT2D eigenvalue weighted by Gasteiger charge is -2.22. The molecule has 0 aliphatic carbocycles. The summed E-state index contributed by atoms with van der Waals surface area (Å²) in [4.78, 5) is 11.4. The minimum Gasteiger partial charge on any atom is -0.312 e. The molecule has 1 rings (SSSR count). The SMILES string of the molecule is CCCCC(=O)CC1CSCCN1. The summed E-state index contributed by atoms with van der Waals surface area (Å²) in [6.45, 7) is 3.19. The van der Waals surface area contributed by atoms with Crippen LogP contribution in [0.15, 0.2) is 0 Å². The maximum absolute atomic E-state index is 11.4. The zero-order valence-electron chi connectivity index (χ0n) is 8.34. The van der Waals surface area contributed by atoms with Crippen molar-refractivity contribution in [3.05, 3.63) is 0 Å². The molecule has 0 aromatic heterocycles. The maximum atomic E-state index is 11.4. The topological polar surface area (TPSA) is 29.1 Å². The molecule has 1 atom stereocenters. The highest BCUT2D eigenvalue weighted by atomic mass is 32.2. The van der Waals surface area contributed by atoms with Gasteiger partial charge in [0.2, 0.25) is 0 Å². The highest BCUT2D eigenvalue weighted by molar-refractivity contribution is 7.99. The standard InChI is InChI=1S/C10H19NOS/c1-2-3-4-10(12)7-9-8-13-6-5-11-9/h9,11H,2-8H2,1H3. The number of carbonyl (C=O) groups is 1. The van der Waals surface area contributed by atoms with Crippen molar-refractivity contribution in [1.82, 2.24) is 5.32 Å². The Morgan fingerprint density at radius 2 is 2.46 bits per heavy atom. The zero-order valence-corrected chi connectivity index (χ0v) is 9.16. The van der Waals surface area contributed by atoms with E-state index < -0.39 is 0 Å². The monoisotopic (exact) mass is 201 g/mol. The number of hydrogen-bond donors (Lipinski definition) is 1. The van der Waals surface area contributed by atoms with E-state index >= 15 is 0 Å². The van der Waals surface area contributed by atoms with Crippen molar-refractivity contribution in [3.8, 4) is 0 Å². The van der Waals surface area contributed by atoms with Gasteiger partial charge < -0.3 is 5.32 Å². The zero-order chi connectivity index (χ0) is 9.52. The molecule has 1 aliphatic heterocycles. The van der Waals surface area contributed by atoms with Crippen molar-refractivity contribution in [3.63, 3.8) is 0 Å². The molecule has 1 heterocycles. The summed E-state index contributed by atoms with van der Waals surface area (Å²) in [6.07, 6.45) is 3.70. The Balaban J connectivity index is 2.11. The van der Waals surface area contributed by atoms with Crippen LogP contribution >= 0.6 is 11.8 Å². The lowest BCUT2D eigenvalue weighted by Crippen LogP contribution is -2.38. The predicted molar refractivity (Wildman–Crippen MR) is 58.3 cm³/mol. The van der Waals surface area contributed by atoms with Crippen LogP contribution in [0.5, 0.6) is 0 Å². The lowest BCUT2D eigenvalue weighted by molar-refractivity contribution is -0.119. The molecule has 1 fully saturated rings. The molecule has 0 spiro atoms. The van der Waals surface area contributed by atoms with E-state index in [0.29, 0.717) is 11.8 Å². The van der Waals surface area contributed by atoms with Crippen molar-refractivity contribution >= 4 is 17.5 Å². The van der Waals surface area contributed by atoms with Gasteiger partial charge in [0.05, 0.1) is 0 Å². The molecule has 1 N–H and O–H groups in total. The van der Waals surface area contributed by atoms with Gasteiger partial charge in [-0.1, -0.05) is 13.3 Å². The van der Waals surface area contributed by atoms with Crippen LogP contribution in [0.25, 0.3) is 0 Å². The Bertz CT molecular complexity index is 155. The van der Waals surface area contributed by atoms with Crippen LogP contribution in [0.3, 0.4) is 0 Å². The van der Waals surface area contributed by atoms with Crippen molar-refractivity contribution in [2.24, 2.45) is 0 Å². The molecule has 0 bridgehead atoms. The Labute approximate surface area is 84.9 Å². The van der Waals surface area contributed by atoms with E-state index in [1.807, 2.05) is 11.8 Å². The van der Waals surface area contributed by atoms with E-state index in [0.717, 1.165) is 38.0 Å². The summed E-state index contributed by atoms with van der Waals surface area (Å²) in [7, 11) is 0. The number of rotatable bonds is 5. The Morgan fingerprint density at radius 1 is 1.62 bits per heavy atom. The smallest absolute Gasteiger partial charge is 0.134 e. The molecule has 13 heavy (non-hydrogen) atoms. The van der Waals surface area contributed by atoms with Gasteiger partial charge >= 0.3 is 0 Å². The molecule has 1 aliphatic rings. The van der Waals surface area contributed by atoms with E-state index in [1.54, 1.807) is 0 Å². The number of thioether (sulfide) groups is 1. The number of Topliss-reactive ketones (excluding diaryl/α,β-unsaturated/α-hetero) is 1. The van der Waals surface area contributed by atoms with Gasteiger partial charge in [0.25, 0.3) is 0 Å². The molecule has 0 amide bonds. The van der Waals surface area contributed by atoms with Gasteiger partial charge in [-0.3, -0.25) is 4.79 Å². The largest absolute Gasteiger partial charge is 0.312 e. The minimum atomic E-state index is 0.432. The molecule has 0 radical (unpaired) electrons. The molecule has 0 aromatic rings. The van der Waals surface area contributed by atoms with Gasteiger partial charge in [0, 0.05) is 36.9 Å². The third-order valence-electron chi connectivity index (χ3n) is 2.28. The number of nitrogens with one attached hydrogen (secondary N) is 1. The first-order valence-electron chi connectivity index (χ1n) is 5.15. The van der Waals surface area contributed by atoms with Crippen LogP contribution < -0.4 is 5.32 Å². The van der Waals surface area contributed by atoms with Crippen LogP contribution in [-0.2, 0) is 4.79 Å². The molecule has 0 aromatic carbocycles. The molecule has 2 nitrogen and oxygen atoms in total. The van der Waals surface area contributed by atoms with Gasteiger partial charge in [-0.2, -0.15) is 11.8 Å². The summed E-state index contributed by atoms with van der Waals surface area (Å²) in [5.41, 5.74) is 0. The minimum absolute atomic E-state index is 0.432. The van der Waals surface area contributed by atoms with Gasteiger partial charge in [-0.25, -0.2) is 0 Å². The number of unbranched alkanes of at least 4 members (excludes halogenated alkanes) is 1. The van der Waals surface area contributed by atoms with E-state index in [2.05, 4.69) is 12.2 Å². The second-order valence-corrected chi connectivity index (χ2v) is 4.72. The Kier molecular flexibility index (Phi) is 5.47. The molecule has 1 unspecified atom stereocenters. The van der Waals surface area contributed by atoms with E-state index in [9.17, 15) is 4.79 Å². The first kappa shape index (κ1) is 11.1. The average Bonchev–Trinajstić information content (AvgIpc) is 2.16. The van der Waals surface area contributed by atoms with Crippen LogP contribution in [-0.4, -0.2) is 29.9 Å². The van der Waals surface area contributed by atoms with E-state index in [1.165, 1.54) is 5.75 Å². The third-order valence-corrected chi connectivity index (χ3v) is 3.41. The molecular weight excluding hydrogens is 182 g/mol. The molecule has 1 saturated heterocycles. The normalized spacial score (nSPS) is 23.0. The van der Waals surface area contributed by atoms with Crippen molar-refractivity contribution < 1.29 is 4.79 Å². The Morgan fingerprint density at radius 3 is 3.08 bits per heavy atom. The summed E-state index contributed by atoms with van der Waals surface area (Å²) in [6, 6.07) is 0.447. The maximum Gasteiger partial charge on any atom is 0.134 e. The van der Waals surface area contributed by atoms with Crippen molar-refractivity contribution in [2.75, 3.05) is 18.1 Å². The van der Waals surface area contributed by atoms with Gasteiger partial charge in [0.15, 0.2) is 0 Å². The van der Waals surface area contributed by atoms with Crippen LogP contribution in [0, 0.1) is 0 Å². The third kappa shape index (κ3) is 4.67. The van der Waals surface area contributed by atoms with Crippen molar-refractivity contribution in [2.45, 2.75) is 38.6 Å². The molecular formula is C10H19NOS. The lowest BCUT2D eigenvalue weighted by atomic mass is 10.1. The van der Waals surface area contributed by atoms with Crippen LogP contribution in [0.1, 0.15) is 32.6 Å². The predicted octanol–water partition coefficient (Wildman–Crippen LogP) is 1.84.